The zero-order chi connectivity index (χ0) is 15.6. The molecule has 1 amide bonds. The molecule has 0 aliphatic carbocycles. The van der Waals surface area contributed by atoms with E-state index in [2.05, 4.69) is 15.9 Å². The van der Waals surface area contributed by atoms with Crippen molar-refractivity contribution < 1.29 is 22.7 Å². The van der Waals surface area contributed by atoms with Crippen LogP contribution in [0.5, 0.6) is 0 Å². The maximum absolute atomic E-state index is 12.9. The summed E-state index contributed by atoms with van der Waals surface area (Å²) in [5.41, 5.74) is -0.795. The van der Waals surface area contributed by atoms with E-state index in [1.807, 2.05) is 0 Å². The predicted octanol–water partition coefficient (Wildman–Crippen LogP) is 3.72. The summed E-state index contributed by atoms with van der Waals surface area (Å²) in [5.74, 6) is -0.394. The number of amides is 1. The summed E-state index contributed by atoms with van der Waals surface area (Å²) in [6.07, 6.45) is -2.91. The molecule has 0 saturated carbocycles. The Kier molecular flexibility index (Phi) is 4.93. The molecule has 1 fully saturated rings. The molecule has 2 rings (SSSR count). The van der Waals surface area contributed by atoms with Gasteiger partial charge in [-0.25, -0.2) is 0 Å². The molecule has 1 unspecified atom stereocenters. The summed E-state index contributed by atoms with van der Waals surface area (Å²) in [4.78, 5) is 13.9. The fourth-order valence-corrected chi connectivity index (χ4v) is 2.84. The van der Waals surface area contributed by atoms with Gasteiger partial charge in [0.25, 0.3) is 5.91 Å². The molecule has 1 heterocycles. The normalized spacial score (nSPS) is 19.7. The van der Waals surface area contributed by atoms with Crippen molar-refractivity contribution in [3.05, 3.63) is 33.8 Å². The molecule has 0 spiro atoms. The minimum Gasteiger partial charge on any atom is -0.380 e. The number of alkyl halides is 3. The molecule has 0 bridgehead atoms. The molecule has 0 N–H and O–H groups in total. The number of nitrogens with zero attached hydrogens (tertiary/aromatic N) is 1. The summed E-state index contributed by atoms with van der Waals surface area (Å²) >= 11 is 2.87. The summed E-state index contributed by atoms with van der Waals surface area (Å²) in [5, 5.41) is 0. The summed E-state index contributed by atoms with van der Waals surface area (Å²) in [6, 6.07) is 3.55. The number of piperidine rings is 1. The lowest BCUT2D eigenvalue weighted by Crippen LogP contribution is -2.42. The number of hydrogen-bond acceptors (Lipinski definition) is 2. The topological polar surface area (TPSA) is 29.5 Å². The summed E-state index contributed by atoms with van der Waals surface area (Å²) in [6.45, 7) is 0.947. The predicted molar refractivity (Wildman–Crippen MR) is 75.1 cm³/mol. The van der Waals surface area contributed by atoms with E-state index in [1.165, 1.54) is 12.1 Å². The van der Waals surface area contributed by atoms with Gasteiger partial charge in [0.2, 0.25) is 0 Å². The van der Waals surface area contributed by atoms with Crippen molar-refractivity contribution in [1.82, 2.24) is 4.90 Å². The number of ether oxygens (including phenoxy) is 1. The monoisotopic (exact) mass is 365 g/mol. The van der Waals surface area contributed by atoms with Gasteiger partial charge in [0, 0.05) is 30.2 Å². The zero-order valence-corrected chi connectivity index (χ0v) is 13.0. The van der Waals surface area contributed by atoms with E-state index in [9.17, 15) is 18.0 Å². The Hall–Kier alpha value is -1.08. The molecule has 3 nitrogen and oxygen atoms in total. The first-order valence-corrected chi connectivity index (χ1v) is 7.31. The first-order valence-electron chi connectivity index (χ1n) is 6.51. The van der Waals surface area contributed by atoms with Gasteiger partial charge in [-0.05, 0) is 31.0 Å². The number of benzene rings is 1. The fraction of sp³-hybridized carbons (Fsp3) is 0.500. The third-order valence-electron chi connectivity index (χ3n) is 3.52. The number of rotatable bonds is 2. The Morgan fingerprint density at radius 2 is 2.14 bits per heavy atom. The van der Waals surface area contributed by atoms with E-state index in [0.717, 1.165) is 18.9 Å². The van der Waals surface area contributed by atoms with Gasteiger partial charge in [-0.2, -0.15) is 13.2 Å². The maximum Gasteiger partial charge on any atom is 0.417 e. The molecule has 21 heavy (non-hydrogen) atoms. The first-order chi connectivity index (χ1) is 9.82. The van der Waals surface area contributed by atoms with Crippen LogP contribution in [-0.2, 0) is 10.9 Å². The minimum atomic E-state index is -4.49. The van der Waals surface area contributed by atoms with Gasteiger partial charge in [-0.3, -0.25) is 4.79 Å². The number of hydrogen-bond donors (Lipinski definition) is 0. The molecule has 0 radical (unpaired) electrons. The van der Waals surface area contributed by atoms with Crippen LogP contribution in [0.3, 0.4) is 0 Å². The Labute approximate surface area is 129 Å². The number of carbonyl (C=O) groups excluding carboxylic acids is 1. The van der Waals surface area contributed by atoms with Gasteiger partial charge < -0.3 is 9.64 Å². The number of halogens is 4. The standard InChI is InChI=1S/C14H15BrF3NO2/c1-21-10-3-2-6-19(8-10)13(20)9-4-5-12(15)11(7-9)14(16,17)18/h4-5,7,10H,2-3,6,8H2,1H3. The molecule has 1 aromatic rings. The van der Waals surface area contributed by atoms with E-state index >= 15 is 0 Å². The van der Waals surface area contributed by atoms with Crippen LogP contribution in [0.15, 0.2) is 22.7 Å². The van der Waals surface area contributed by atoms with Crippen LogP contribution in [-0.4, -0.2) is 37.1 Å². The Balaban J connectivity index is 2.23. The Bertz CT molecular complexity index is 533. The van der Waals surface area contributed by atoms with Gasteiger partial charge in [0.05, 0.1) is 11.7 Å². The van der Waals surface area contributed by atoms with Crippen molar-refractivity contribution in [3.8, 4) is 0 Å². The Morgan fingerprint density at radius 3 is 2.76 bits per heavy atom. The van der Waals surface area contributed by atoms with E-state index < -0.39 is 17.6 Å². The molecule has 116 valence electrons. The average Bonchev–Trinajstić information content (AvgIpc) is 2.46. The quantitative estimate of drug-likeness (QED) is 0.799. The van der Waals surface area contributed by atoms with Crippen molar-refractivity contribution in [3.63, 3.8) is 0 Å². The van der Waals surface area contributed by atoms with Crippen LogP contribution in [0.1, 0.15) is 28.8 Å². The third-order valence-corrected chi connectivity index (χ3v) is 4.21. The van der Waals surface area contributed by atoms with E-state index in [-0.39, 0.29) is 16.1 Å². The summed E-state index contributed by atoms with van der Waals surface area (Å²) < 4.78 is 43.8. The van der Waals surface area contributed by atoms with Crippen LogP contribution < -0.4 is 0 Å². The van der Waals surface area contributed by atoms with Crippen molar-refractivity contribution in [2.75, 3.05) is 20.2 Å². The molecule has 1 aliphatic heterocycles. The lowest BCUT2D eigenvalue weighted by molar-refractivity contribution is -0.138. The first kappa shape index (κ1) is 16.3. The second kappa shape index (κ2) is 6.36. The second-order valence-corrected chi connectivity index (χ2v) is 5.80. The molecule has 1 atom stereocenters. The number of likely N-dealkylation sites (tertiary alicyclic amines) is 1. The molecule has 7 heteroatoms. The van der Waals surface area contributed by atoms with Gasteiger partial charge in [0.15, 0.2) is 0 Å². The lowest BCUT2D eigenvalue weighted by atomic mass is 10.1. The number of methoxy groups -OCH3 is 1. The van der Waals surface area contributed by atoms with Gasteiger partial charge in [-0.1, -0.05) is 15.9 Å². The smallest absolute Gasteiger partial charge is 0.380 e. The Morgan fingerprint density at radius 1 is 1.43 bits per heavy atom. The zero-order valence-electron chi connectivity index (χ0n) is 11.4. The summed E-state index contributed by atoms with van der Waals surface area (Å²) in [7, 11) is 1.57. The van der Waals surface area contributed by atoms with Crippen molar-refractivity contribution in [2.24, 2.45) is 0 Å². The molecular formula is C14H15BrF3NO2. The van der Waals surface area contributed by atoms with E-state index in [4.69, 9.17) is 4.74 Å². The van der Waals surface area contributed by atoms with Crippen LogP contribution in [0.25, 0.3) is 0 Å². The van der Waals surface area contributed by atoms with Crippen LogP contribution in [0.4, 0.5) is 13.2 Å². The van der Waals surface area contributed by atoms with Crippen molar-refractivity contribution in [2.45, 2.75) is 25.1 Å². The van der Waals surface area contributed by atoms with Crippen molar-refractivity contribution in [1.29, 1.82) is 0 Å². The second-order valence-electron chi connectivity index (χ2n) is 4.94. The minimum absolute atomic E-state index is 0.0438. The molecular weight excluding hydrogens is 351 g/mol. The highest BCUT2D eigenvalue weighted by Crippen LogP contribution is 2.35. The SMILES string of the molecule is COC1CCCN(C(=O)c2ccc(Br)c(C(F)(F)F)c2)C1. The van der Waals surface area contributed by atoms with Gasteiger partial charge >= 0.3 is 6.18 Å². The largest absolute Gasteiger partial charge is 0.417 e. The van der Waals surface area contributed by atoms with Crippen LogP contribution in [0, 0.1) is 0 Å². The van der Waals surface area contributed by atoms with E-state index in [1.54, 1.807) is 12.0 Å². The highest BCUT2D eigenvalue weighted by Gasteiger charge is 2.34. The highest BCUT2D eigenvalue weighted by atomic mass is 79.9. The maximum atomic E-state index is 12.9. The molecule has 0 aromatic heterocycles. The van der Waals surface area contributed by atoms with Crippen LogP contribution in [0.2, 0.25) is 0 Å². The van der Waals surface area contributed by atoms with Crippen molar-refractivity contribution >= 4 is 21.8 Å². The molecule has 1 aromatic carbocycles. The van der Waals surface area contributed by atoms with Gasteiger partial charge in [0.1, 0.15) is 0 Å². The molecule has 1 aliphatic rings. The average molecular weight is 366 g/mol. The number of carbonyl (C=O) groups is 1. The fourth-order valence-electron chi connectivity index (χ4n) is 2.37. The lowest BCUT2D eigenvalue weighted by Gasteiger charge is -2.32. The molecule has 1 saturated heterocycles. The third kappa shape index (κ3) is 3.77. The van der Waals surface area contributed by atoms with E-state index in [0.29, 0.717) is 13.1 Å². The highest BCUT2D eigenvalue weighted by molar-refractivity contribution is 9.10. The van der Waals surface area contributed by atoms with Gasteiger partial charge in [-0.15, -0.1) is 0 Å². The van der Waals surface area contributed by atoms with Crippen LogP contribution >= 0.6 is 15.9 Å².